The van der Waals surface area contributed by atoms with Crippen molar-refractivity contribution in [2.45, 2.75) is 12.8 Å². The fourth-order valence-electron chi connectivity index (χ4n) is 2.34. The zero-order valence-electron chi connectivity index (χ0n) is 10.4. The number of carbonyl (C=O) groups is 1. The lowest BCUT2D eigenvalue weighted by molar-refractivity contribution is 0.0780. The van der Waals surface area contributed by atoms with E-state index in [0.717, 1.165) is 12.5 Å². The van der Waals surface area contributed by atoms with Crippen LogP contribution in [0, 0.1) is 17.6 Å². The van der Waals surface area contributed by atoms with Crippen molar-refractivity contribution in [3.8, 4) is 0 Å². The van der Waals surface area contributed by atoms with Crippen molar-refractivity contribution in [2.24, 2.45) is 5.92 Å². The van der Waals surface area contributed by atoms with E-state index < -0.39 is 17.5 Å². The predicted molar refractivity (Wildman–Crippen MR) is 66.5 cm³/mol. The summed E-state index contributed by atoms with van der Waals surface area (Å²) in [7, 11) is 0. The maximum Gasteiger partial charge on any atom is 0.256 e. The van der Waals surface area contributed by atoms with E-state index in [4.69, 9.17) is 10.8 Å². The second kappa shape index (κ2) is 5.52. The molecule has 1 fully saturated rings. The first kappa shape index (κ1) is 13.7. The Morgan fingerprint density at radius 2 is 2.16 bits per heavy atom. The first-order valence-electron chi connectivity index (χ1n) is 6.17. The summed E-state index contributed by atoms with van der Waals surface area (Å²) >= 11 is 0. The summed E-state index contributed by atoms with van der Waals surface area (Å²) in [4.78, 5) is 13.6. The van der Waals surface area contributed by atoms with E-state index in [2.05, 4.69) is 0 Å². The monoisotopic (exact) mass is 270 g/mol. The van der Waals surface area contributed by atoms with Gasteiger partial charge >= 0.3 is 0 Å². The molecule has 104 valence electrons. The van der Waals surface area contributed by atoms with Crippen molar-refractivity contribution in [2.75, 3.05) is 25.4 Å². The number of carbonyl (C=O) groups excluding carboxylic acids is 1. The zero-order valence-corrected chi connectivity index (χ0v) is 10.4. The van der Waals surface area contributed by atoms with Crippen LogP contribution >= 0.6 is 0 Å². The molecule has 1 heterocycles. The number of amides is 1. The minimum absolute atomic E-state index is 0.0740. The maximum absolute atomic E-state index is 13.6. The molecule has 19 heavy (non-hydrogen) atoms. The molecule has 4 nitrogen and oxygen atoms in total. The summed E-state index contributed by atoms with van der Waals surface area (Å²) in [6.45, 7) is 1.07. The van der Waals surface area contributed by atoms with Gasteiger partial charge in [-0.15, -0.1) is 0 Å². The van der Waals surface area contributed by atoms with Crippen molar-refractivity contribution in [3.05, 3.63) is 29.3 Å². The van der Waals surface area contributed by atoms with E-state index in [9.17, 15) is 13.6 Å². The van der Waals surface area contributed by atoms with Gasteiger partial charge in [-0.3, -0.25) is 4.79 Å². The Labute approximate surface area is 109 Å². The number of aliphatic hydroxyl groups excluding tert-OH is 1. The lowest BCUT2D eigenvalue weighted by atomic mass is 10.1. The summed E-state index contributed by atoms with van der Waals surface area (Å²) in [5.74, 6) is -2.02. The normalized spacial score (nSPS) is 18.9. The Morgan fingerprint density at radius 1 is 1.42 bits per heavy atom. The van der Waals surface area contributed by atoms with Crippen LogP contribution in [-0.4, -0.2) is 35.6 Å². The summed E-state index contributed by atoms with van der Waals surface area (Å²) < 4.78 is 26.6. The summed E-state index contributed by atoms with van der Waals surface area (Å²) in [5, 5.41) is 8.86. The van der Waals surface area contributed by atoms with Crippen LogP contribution < -0.4 is 5.73 Å². The molecule has 0 saturated carbocycles. The largest absolute Gasteiger partial charge is 0.396 e. The first-order chi connectivity index (χ1) is 9.02. The lowest BCUT2D eigenvalue weighted by Gasteiger charge is -2.17. The number of nitrogen functional groups attached to an aromatic ring is 1. The molecule has 0 aromatic heterocycles. The van der Waals surface area contributed by atoms with Crippen molar-refractivity contribution in [1.82, 2.24) is 4.90 Å². The second-order valence-electron chi connectivity index (χ2n) is 4.77. The fourth-order valence-corrected chi connectivity index (χ4v) is 2.34. The van der Waals surface area contributed by atoms with Crippen molar-refractivity contribution in [1.29, 1.82) is 0 Å². The first-order valence-corrected chi connectivity index (χ1v) is 6.17. The standard InChI is InChI=1S/C13H16F2N2O2/c14-10-6-11(15)12(16)5-9(10)13(19)17-3-1-8(7-17)2-4-18/h5-6,8,18H,1-4,7,16H2. The molecule has 1 aromatic carbocycles. The molecule has 0 aliphatic carbocycles. The van der Waals surface area contributed by atoms with Gasteiger partial charge in [-0.2, -0.15) is 0 Å². The number of aliphatic hydroxyl groups is 1. The molecule has 1 aliphatic rings. The third-order valence-corrected chi connectivity index (χ3v) is 3.43. The summed E-state index contributed by atoms with van der Waals surface area (Å²) in [5.41, 5.74) is 4.91. The Hall–Kier alpha value is -1.69. The average molecular weight is 270 g/mol. The van der Waals surface area contributed by atoms with E-state index in [1.807, 2.05) is 0 Å². The molecule has 2 rings (SSSR count). The predicted octanol–water partition coefficient (Wildman–Crippen LogP) is 1.39. The smallest absolute Gasteiger partial charge is 0.256 e. The summed E-state index contributed by atoms with van der Waals surface area (Å²) in [6.07, 6.45) is 1.41. The summed E-state index contributed by atoms with van der Waals surface area (Å²) in [6, 6.07) is 1.66. The van der Waals surface area contributed by atoms with Gasteiger partial charge < -0.3 is 15.7 Å². The van der Waals surface area contributed by atoms with Crippen LogP contribution in [-0.2, 0) is 0 Å². The van der Waals surface area contributed by atoms with E-state index in [1.54, 1.807) is 0 Å². The van der Waals surface area contributed by atoms with Crippen LogP contribution in [0.25, 0.3) is 0 Å². The number of nitrogens with zero attached hydrogens (tertiary/aromatic N) is 1. The van der Waals surface area contributed by atoms with E-state index in [0.29, 0.717) is 25.6 Å². The molecular formula is C13H16F2N2O2. The molecule has 3 N–H and O–H groups in total. The highest BCUT2D eigenvalue weighted by Gasteiger charge is 2.28. The number of hydrogen-bond donors (Lipinski definition) is 2. The average Bonchev–Trinajstić information content (AvgIpc) is 2.82. The van der Waals surface area contributed by atoms with Gasteiger partial charge in [0, 0.05) is 25.8 Å². The molecule has 1 amide bonds. The Morgan fingerprint density at radius 3 is 2.84 bits per heavy atom. The van der Waals surface area contributed by atoms with Crippen LogP contribution in [0.4, 0.5) is 14.5 Å². The number of likely N-dealkylation sites (tertiary alicyclic amines) is 1. The third-order valence-electron chi connectivity index (χ3n) is 3.43. The third kappa shape index (κ3) is 2.84. The topological polar surface area (TPSA) is 66.6 Å². The highest BCUT2D eigenvalue weighted by molar-refractivity contribution is 5.95. The van der Waals surface area contributed by atoms with Crippen LogP contribution in [0.3, 0.4) is 0 Å². The Balaban J connectivity index is 2.15. The van der Waals surface area contributed by atoms with Crippen LogP contribution in [0.5, 0.6) is 0 Å². The maximum atomic E-state index is 13.6. The van der Waals surface area contributed by atoms with Gasteiger partial charge in [0.25, 0.3) is 5.91 Å². The molecule has 1 saturated heterocycles. The Bertz CT molecular complexity index is 494. The van der Waals surface area contributed by atoms with Crippen molar-refractivity contribution >= 4 is 11.6 Å². The van der Waals surface area contributed by atoms with E-state index >= 15 is 0 Å². The van der Waals surface area contributed by atoms with Crippen LogP contribution in [0.15, 0.2) is 12.1 Å². The number of rotatable bonds is 3. The van der Waals surface area contributed by atoms with Crippen LogP contribution in [0.1, 0.15) is 23.2 Å². The number of nitrogens with two attached hydrogens (primary N) is 1. The van der Waals surface area contributed by atoms with Gasteiger partial charge in [-0.05, 0) is 24.8 Å². The van der Waals surface area contributed by atoms with Crippen molar-refractivity contribution in [3.63, 3.8) is 0 Å². The van der Waals surface area contributed by atoms with Crippen LogP contribution in [0.2, 0.25) is 0 Å². The number of benzene rings is 1. The van der Waals surface area contributed by atoms with Gasteiger partial charge in [0.2, 0.25) is 0 Å². The second-order valence-corrected chi connectivity index (χ2v) is 4.77. The molecule has 6 heteroatoms. The molecule has 1 atom stereocenters. The fraction of sp³-hybridized carbons (Fsp3) is 0.462. The molecule has 0 radical (unpaired) electrons. The van der Waals surface area contributed by atoms with Gasteiger partial charge in [0.1, 0.15) is 11.6 Å². The number of anilines is 1. The Kier molecular flexibility index (Phi) is 3.99. The van der Waals surface area contributed by atoms with E-state index in [1.165, 1.54) is 4.90 Å². The molecule has 0 spiro atoms. The molecule has 1 unspecified atom stereocenters. The van der Waals surface area contributed by atoms with Gasteiger partial charge in [0.15, 0.2) is 0 Å². The SMILES string of the molecule is Nc1cc(C(=O)N2CCC(CCO)C2)c(F)cc1F. The highest BCUT2D eigenvalue weighted by atomic mass is 19.1. The number of hydrogen-bond acceptors (Lipinski definition) is 3. The quantitative estimate of drug-likeness (QED) is 0.816. The minimum Gasteiger partial charge on any atom is -0.396 e. The molecule has 1 aliphatic heterocycles. The minimum atomic E-state index is -0.901. The molecule has 0 bridgehead atoms. The van der Waals surface area contributed by atoms with Crippen molar-refractivity contribution < 1.29 is 18.7 Å². The highest BCUT2D eigenvalue weighted by Crippen LogP contribution is 2.24. The van der Waals surface area contributed by atoms with Gasteiger partial charge in [0.05, 0.1) is 11.3 Å². The van der Waals surface area contributed by atoms with Gasteiger partial charge in [-0.1, -0.05) is 0 Å². The number of halogens is 2. The molecule has 1 aromatic rings. The van der Waals surface area contributed by atoms with E-state index in [-0.39, 0.29) is 23.8 Å². The zero-order chi connectivity index (χ0) is 14.0. The van der Waals surface area contributed by atoms with Gasteiger partial charge in [-0.25, -0.2) is 8.78 Å². The lowest BCUT2D eigenvalue weighted by Crippen LogP contribution is -2.29. The molecular weight excluding hydrogens is 254 g/mol.